The Balaban J connectivity index is 1.38. The van der Waals surface area contributed by atoms with Crippen LogP contribution in [-0.4, -0.2) is 45.9 Å². The molecule has 5 nitrogen and oxygen atoms in total. The largest absolute Gasteiger partial charge is 0.378 e. The van der Waals surface area contributed by atoms with E-state index in [0.717, 1.165) is 63.5 Å². The van der Waals surface area contributed by atoms with Crippen molar-refractivity contribution in [2.24, 2.45) is 17.8 Å². The van der Waals surface area contributed by atoms with Crippen LogP contribution >= 0.6 is 7.11 Å². The highest BCUT2D eigenvalue weighted by Crippen LogP contribution is 2.71. The van der Waals surface area contributed by atoms with Crippen molar-refractivity contribution in [1.29, 1.82) is 0 Å². The third-order valence-corrected chi connectivity index (χ3v) is 13.6. The summed E-state index contributed by atoms with van der Waals surface area (Å²) in [4.78, 5) is 28.2. The van der Waals surface area contributed by atoms with Gasteiger partial charge in [0, 0.05) is 36.8 Å². The minimum atomic E-state index is -3.14. The lowest BCUT2D eigenvalue weighted by molar-refractivity contribution is -0.134. The highest BCUT2D eigenvalue weighted by Gasteiger charge is 2.61. The van der Waals surface area contributed by atoms with E-state index in [9.17, 15) is 18.5 Å². The van der Waals surface area contributed by atoms with E-state index < -0.39 is 24.0 Å². The van der Waals surface area contributed by atoms with Crippen molar-refractivity contribution in [1.82, 2.24) is 15.5 Å². The molecule has 43 heavy (non-hydrogen) atoms. The number of carbonyl (C=O) groups excluding carboxylic acids is 1. The van der Waals surface area contributed by atoms with Gasteiger partial charge >= 0.3 is 0 Å². The fraction of sp³-hybridized carbons (Fsp3) is 0.657. The molecule has 0 aromatic heterocycles. The SMILES string of the molecule is C=C(CC1CCCC1)N[C@H]1CCCCCCC[C@@H]2C[C@@]2(P(=C)(O)Cc2c(F)cccc2F)NC(=C)C2CC(C)CN2C1=O. The Morgan fingerprint density at radius 3 is 2.42 bits per heavy atom. The molecule has 2 saturated heterocycles. The van der Waals surface area contributed by atoms with Crippen LogP contribution in [0.1, 0.15) is 102 Å². The van der Waals surface area contributed by atoms with Crippen LogP contribution in [0, 0.1) is 29.4 Å². The van der Waals surface area contributed by atoms with Crippen LogP contribution in [0.5, 0.6) is 0 Å². The lowest BCUT2D eigenvalue weighted by Crippen LogP contribution is -2.50. The number of nitrogens with one attached hydrogen (secondary N) is 2. The van der Waals surface area contributed by atoms with Gasteiger partial charge in [0.05, 0.1) is 11.3 Å². The fourth-order valence-electron chi connectivity index (χ4n) is 8.09. The van der Waals surface area contributed by atoms with Gasteiger partial charge < -0.3 is 20.4 Å². The van der Waals surface area contributed by atoms with Crippen molar-refractivity contribution < 1.29 is 18.5 Å². The number of nitrogens with zero attached hydrogens (tertiary/aromatic N) is 1. The van der Waals surface area contributed by atoms with Gasteiger partial charge in [0.25, 0.3) is 0 Å². The Bertz CT molecular complexity index is 1230. The second-order valence-electron chi connectivity index (χ2n) is 14.1. The van der Waals surface area contributed by atoms with Crippen molar-refractivity contribution in [2.45, 2.75) is 120 Å². The van der Waals surface area contributed by atoms with Gasteiger partial charge in [0.2, 0.25) is 5.91 Å². The van der Waals surface area contributed by atoms with Crippen LogP contribution in [0.15, 0.2) is 42.8 Å². The number of fused-ring (bicyclic) bond motifs is 2. The van der Waals surface area contributed by atoms with Gasteiger partial charge in [-0.1, -0.05) is 90.2 Å². The zero-order chi connectivity index (χ0) is 30.8. The Morgan fingerprint density at radius 2 is 1.72 bits per heavy atom. The highest BCUT2D eigenvalue weighted by molar-refractivity contribution is 7.69. The first-order valence-corrected chi connectivity index (χ1v) is 18.7. The summed E-state index contributed by atoms with van der Waals surface area (Å²) >= 11 is 0. The van der Waals surface area contributed by atoms with Gasteiger partial charge in [-0.3, -0.25) is 4.79 Å². The Hall–Kier alpha value is -2.11. The first-order valence-electron chi connectivity index (χ1n) is 16.6. The van der Waals surface area contributed by atoms with Crippen molar-refractivity contribution in [3.8, 4) is 0 Å². The van der Waals surface area contributed by atoms with E-state index in [-0.39, 0.29) is 35.6 Å². The Morgan fingerprint density at radius 1 is 1.09 bits per heavy atom. The summed E-state index contributed by atoms with van der Waals surface area (Å²) in [5, 5.41) is 6.43. The summed E-state index contributed by atoms with van der Waals surface area (Å²) in [6.07, 6.45) is 18.5. The normalized spacial score (nSPS) is 32.1. The maximum absolute atomic E-state index is 14.7. The monoisotopic (exact) mass is 615 g/mol. The summed E-state index contributed by atoms with van der Waals surface area (Å²) in [7, 11) is -3.14. The molecule has 4 aliphatic rings. The first-order chi connectivity index (χ1) is 20.5. The first kappa shape index (κ1) is 32.3. The number of rotatable bonds is 7. The number of hydrogen-bond donors (Lipinski definition) is 3. The maximum atomic E-state index is 14.7. The van der Waals surface area contributed by atoms with Crippen LogP contribution in [-0.2, 0) is 11.0 Å². The number of allylic oxidation sites excluding steroid dienone is 1. The molecule has 238 valence electrons. The molecule has 1 aromatic carbocycles. The Kier molecular flexibility index (Phi) is 10.1. The standard InChI is InChI=1S/C35H52F2N3O2P/c1-24-19-33-26(3)39-35(43(4,42)23-29-30(36)16-12-17-31(29)37)21-28(35)15-8-6-5-7-9-18-32(34(41)40(33)22-24)38-25(2)20-27-13-10-11-14-27/h12,16-17,24,27-28,32-33,38-39,42H,2-11,13-15,18-23H2,1H3/t24?,28-,32+,33?,35+,43?/m1/s1. The van der Waals surface area contributed by atoms with Gasteiger partial charge in [-0.2, -0.15) is 0 Å². The average molecular weight is 616 g/mol. The summed E-state index contributed by atoms with van der Waals surface area (Å²) < 4.78 is 29.4. The van der Waals surface area contributed by atoms with Crippen LogP contribution in [0.2, 0.25) is 0 Å². The molecule has 3 N–H and O–H groups in total. The van der Waals surface area contributed by atoms with Crippen LogP contribution in [0.4, 0.5) is 8.78 Å². The number of hydrogen-bond acceptors (Lipinski definition) is 4. The summed E-state index contributed by atoms with van der Waals surface area (Å²) in [5.41, 5.74) is 1.57. The van der Waals surface area contributed by atoms with E-state index in [1.54, 1.807) is 0 Å². The molecule has 0 radical (unpaired) electrons. The molecule has 2 aliphatic carbocycles. The van der Waals surface area contributed by atoms with E-state index in [0.29, 0.717) is 30.5 Å². The minimum Gasteiger partial charge on any atom is -0.378 e. The fourth-order valence-corrected chi connectivity index (χ4v) is 10.9. The number of carbonyl (C=O) groups is 1. The molecular formula is C35H52F2N3O2P. The van der Waals surface area contributed by atoms with Gasteiger partial charge in [-0.15, -0.1) is 0 Å². The summed E-state index contributed by atoms with van der Waals surface area (Å²) in [5.74, 6) is -0.0976. The molecule has 0 spiro atoms. The van der Waals surface area contributed by atoms with Crippen molar-refractivity contribution in [2.75, 3.05) is 6.54 Å². The van der Waals surface area contributed by atoms with E-state index >= 15 is 0 Å². The summed E-state index contributed by atoms with van der Waals surface area (Å²) in [6.45, 7) is 11.6. The topological polar surface area (TPSA) is 64.6 Å². The number of halogens is 2. The molecule has 1 aromatic rings. The van der Waals surface area contributed by atoms with Crippen LogP contribution < -0.4 is 10.6 Å². The van der Waals surface area contributed by atoms with Gasteiger partial charge in [0.1, 0.15) is 17.7 Å². The van der Waals surface area contributed by atoms with Crippen molar-refractivity contribution in [3.63, 3.8) is 0 Å². The molecule has 3 unspecified atom stereocenters. The quantitative estimate of drug-likeness (QED) is 0.276. The zero-order valence-electron chi connectivity index (χ0n) is 26.1. The van der Waals surface area contributed by atoms with E-state index in [1.807, 2.05) is 4.90 Å². The highest BCUT2D eigenvalue weighted by atomic mass is 31.2. The van der Waals surface area contributed by atoms with Gasteiger partial charge in [-0.05, 0) is 62.0 Å². The smallest absolute Gasteiger partial charge is 0.245 e. The number of benzene rings is 1. The molecule has 5 rings (SSSR count). The van der Waals surface area contributed by atoms with Crippen LogP contribution in [0.3, 0.4) is 0 Å². The number of amides is 1. The molecular weight excluding hydrogens is 563 g/mol. The zero-order valence-corrected chi connectivity index (χ0v) is 27.0. The molecule has 6 atom stereocenters. The lowest BCUT2D eigenvalue weighted by atomic mass is 10.00. The molecule has 8 heteroatoms. The Labute approximate surface area is 257 Å². The third-order valence-electron chi connectivity index (χ3n) is 10.6. The molecule has 1 amide bonds. The maximum Gasteiger partial charge on any atom is 0.245 e. The van der Waals surface area contributed by atoms with Gasteiger partial charge in [0.15, 0.2) is 0 Å². The second-order valence-corrected chi connectivity index (χ2v) is 17.1. The average Bonchev–Trinajstić information content (AvgIpc) is 3.24. The van der Waals surface area contributed by atoms with Crippen LogP contribution in [0.25, 0.3) is 0 Å². The second kappa shape index (κ2) is 13.5. The van der Waals surface area contributed by atoms with Crippen molar-refractivity contribution in [3.05, 3.63) is 59.9 Å². The molecule has 2 saturated carbocycles. The molecule has 4 fully saturated rings. The van der Waals surface area contributed by atoms with Gasteiger partial charge in [-0.25, -0.2) is 8.78 Å². The lowest BCUT2D eigenvalue weighted by Gasteiger charge is -2.37. The molecule has 2 heterocycles. The summed E-state index contributed by atoms with van der Waals surface area (Å²) in [6, 6.07) is 3.28. The minimum absolute atomic E-state index is 0.0919. The van der Waals surface area contributed by atoms with E-state index in [4.69, 9.17) is 0 Å². The third kappa shape index (κ3) is 7.25. The predicted octanol–water partition coefficient (Wildman–Crippen LogP) is 7.67. The predicted molar refractivity (Wildman–Crippen MR) is 174 cm³/mol. The molecule has 2 aliphatic heterocycles. The van der Waals surface area contributed by atoms with E-state index in [2.05, 4.69) is 37.0 Å². The van der Waals surface area contributed by atoms with Crippen molar-refractivity contribution >= 4 is 19.3 Å². The van der Waals surface area contributed by atoms with E-state index in [1.165, 1.54) is 43.9 Å². The molecule has 0 bridgehead atoms.